The molecule has 1 fully saturated rings. The molecule has 5 nitrogen and oxygen atoms in total. The molecule has 1 aromatic rings. The molecule has 1 aliphatic heterocycles. The number of carbonyl (C=O) groups is 2. The third-order valence-corrected chi connectivity index (χ3v) is 4.37. The van der Waals surface area contributed by atoms with Gasteiger partial charge in [0.1, 0.15) is 5.75 Å². The fraction of sp³-hybridized carbons (Fsp3) is 0.529. The fourth-order valence-electron chi connectivity index (χ4n) is 2.55. The Hall–Kier alpha value is -1.56. The molecule has 0 atom stereocenters. The number of benzene rings is 1. The second-order valence-electron chi connectivity index (χ2n) is 6.25. The minimum Gasteiger partial charge on any atom is -0.492 e. The van der Waals surface area contributed by atoms with Crippen molar-refractivity contribution >= 4 is 27.8 Å². The quantitative estimate of drug-likeness (QED) is 0.845. The van der Waals surface area contributed by atoms with Crippen molar-refractivity contribution in [3.8, 4) is 5.75 Å². The van der Waals surface area contributed by atoms with Crippen LogP contribution in [0.15, 0.2) is 22.7 Å². The average Bonchev–Trinajstić information content (AvgIpc) is 2.53. The van der Waals surface area contributed by atoms with Crippen molar-refractivity contribution in [1.82, 2.24) is 4.90 Å². The third kappa shape index (κ3) is 4.70. The molecule has 1 amide bonds. The fourth-order valence-corrected chi connectivity index (χ4v) is 2.91. The minimum atomic E-state index is -0.777. The van der Waals surface area contributed by atoms with Crippen LogP contribution in [0.2, 0.25) is 0 Å². The standard InChI is InChI=1S/C17H22BrNO4/c1-11(2)10-23-15-4-3-13(18)9-14(15)16(20)19-7-5-12(6-8-19)17(21)22/h3-4,9,11-12H,5-8,10H2,1-2H3,(H,21,22). The number of nitrogens with zero attached hydrogens (tertiary/aromatic N) is 1. The van der Waals surface area contributed by atoms with Crippen LogP contribution in [0.5, 0.6) is 5.75 Å². The summed E-state index contributed by atoms with van der Waals surface area (Å²) in [7, 11) is 0. The first kappa shape index (κ1) is 17.8. The largest absolute Gasteiger partial charge is 0.492 e. The zero-order chi connectivity index (χ0) is 17.0. The molecule has 0 aromatic heterocycles. The molecule has 0 spiro atoms. The second kappa shape index (κ2) is 7.81. The van der Waals surface area contributed by atoms with Crippen LogP contribution in [0, 0.1) is 11.8 Å². The molecule has 0 aliphatic carbocycles. The summed E-state index contributed by atoms with van der Waals surface area (Å²) in [6.45, 7) is 5.58. The maximum atomic E-state index is 12.8. The van der Waals surface area contributed by atoms with Gasteiger partial charge in [-0.3, -0.25) is 9.59 Å². The molecule has 0 saturated carbocycles. The number of carboxylic acids is 1. The van der Waals surface area contributed by atoms with Gasteiger partial charge in [-0.25, -0.2) is 0 Å². The Morgan fingerprint density at radius 2 is 2.00 bits per heavy atom. The Labute approximate surface area is 144 Å². The lowest BCUT2D eigenvalue weighted by molar-refractivity contribution is -0.143. The van der Waals surface area contributed by atoms with Crippen LogP contribution in [-0.4, -0.2) is 41.6 Å². The number of hydrogen-bond acceptors (Lipinski definition) is 3. The molecule has 126 valence electrons. The zero-order valence-corrected chi connectivity index (χ0v) is 15.0. The minimum absolute atomic E-state index is 0.103. The number of piperidine rings is 1. The monoisotopic (exact) mass is 383 g/mol. The van der Waals surface area contributed by atoms with Gasteiger partial charge in [0.15, 0.2) is 0 Å². The highest BCUT2D eigenvalue weighted by Gasteiger charge is 2.28. The smallest absolute Gasteiger partial charge is 0.306 e. The summed E-state index contributed by atoms with van der Waals surface area (Å²) in [5.41, 5.74) is 0.522. The number of ether oxygens (including phenoxy) is 1. The van der Waals surface area contributed by atoms with Crippen LogP contribution in [0.4, 0.5) is 0 Å². The molecule has 0 bridgehead atoms. The van der Waals surface area contributed by atoms with Crippen molar-refractivity contribution in [3.05, 3.63) is 28.2 Å². The number of rotatable bonds is 5. The maximum Gasteiger partial charge on any atom is 0.306 e. The predicted molar refractivity (Wildman–Crippen MR) is 90.7 cm³/mol. The molecule has 1 heterocycles. The highest BCUT2D eigenvalue weighted by Crippen LogP contribution is 2.27. The van der Waals surface area contributed by atoms with Gasteiger partial charge < -0.3 is 14.7 Å². The van der Waals surface area contributed by atoms with Gasteiger partial charge in [0.25, 0.3) is 5.91 Å². The van der Waals surface area contributed by atoms with E-state index in [0.717, 1.165) is 4.47 Å². The first-order valence-electron chi connectivity index (χ1n) is 7.83. The van der Waals surface area contributed by atoms with Crippen molar-refractivity contribution < 1.29 is 19.4 Å². The zero-order valence-electron chi connectivity index (χ0n) is 13.4. The first-order valence-corrected chi connectivity index (χ1v) is 8.62. The van der Waals surface area contributed by atoms with Gasteiger partial charge in [-0.05, 0) is 37.0 Å². The van der Waals surface area contributed by atoms with Crippen LogP contribution >= 0.6 is 15.9 Å². The van der Waals surface area contributed by atoms with Gasteiger partial charge >= 0.3 is 5.97 Å². The van der Waals surface area contributed by atoms with Gasteiger partial charge in [-0.2, -0.15) is 0 Å². The Morgan fingerprint density at radius 1 is 1.35 bits per heavy atom. The number of carboxylic acid groups (broad SMARTS) is 1. The predicted octanol–water partition coefficient (Wildman–Crippen LogP) is 3.42. The van der Waals surface area contributed by atoms with Crippen LogP contribution in [0.25, 0.3) is 0 Å². The molecule has 1 N–H and O–H groups in total. The van der Waals surface area contributed by atoms with Gasteiger partial charge in [0.05, 0.1) is 18.1 Å². The molecule has 1 saturated heterocycles. The van der Waals surface area contributed by atoms with Gasteiger partial charge in [-0.1, -0.05) is 29.8 Å². The number of likely N-dealkylation sites (tertiary alicyclic amines) is 1. The van der Waals surface area contributed by atoms with Crippen molar-refractivity contribution in [1.29, 1.82) is 0 Å². The van der Waals surface area contributed by atoms with E-state index in [0.29, 0.717) is 49.8 Å². The lowest BCUT2D eigenvalue weighted by Crippen LogP contribution is -2.40. The Bertz CT molecular complexity index is 580. The molecular formula is C17H22BrNO4. The highest BCUT2D eigenvalue weighted by atomic mass is 79.9. The average molecular weight is 384 g/mol. The molecule has 1 aliphatic rings. The van der Waals surface area contributed by atoms with Crippen LogP contribution in [0.1, 0.15) is 37.0 Å². The van der Waals surface area contributed by atoms with Gasteiger partial charge in [0.2, 0.25) is 0 Å². The Kier molecular flexibility index (Phi) is 6.04. The van der Waals surface area contributed by atoms with Crippen LogP contribution < -0.4 is 4.74 Å². The molecule has 0 unspecified atom stereocenters. The van der Waals surface area contributed by atoms with Crippen molar-refractivity contribution in [2.75, 3.05) is 19.7 Å². The number of halogens is 1. The van der Waals surface area contributed by atoms with Crippen LogP contribution in [0.3, 0.4) is 0 Å². The number of hydrogen-bond donors (Lipinski definition) is 1. The molecule has 2 rings (SSSR count). The summed E-state index contributed by atoms with van der Waals surface area (Å²) < 4.78 is 6.58. The van der Waals surface area contributed by atoms with E-state index in [1.54, 1.807) is 17.0 Å². The van der Waals surface area contributed by atoms with Crippen molar-refractivity contribution in [3.63, 3.8) is 0 Å². The first-order chi connectivity index (χ1) is 10.9. The van der Waals surface area contributed by atoms with E-state index < -0.39 is 5.97 Å². The van der Waals surface area contributed by atoms with E-state index in [9.17, 15) is 9.59 Å². The summed E-state index contributed by atoms with van der Waals surface area (Å²) in [5, 5.41) is 9.05. The number of amides is 1. The van der Waals surface area contributed by atoms with E-state index in [-0.39, 0.29) is 11.8 Å². The molecule has 0 radical (unpaired) electrons. The van der Waals surface area contributed by atoms with E-state index in [4.69, 9.17) is 9.84 Å². The van der Waals surface area contributed by atoms with E-state index >= 15 is 0 Å². The topological polar surface area (TPSA) is 66.8 Å². The third-order valence-electron chi connectivity index (χ3n) is 3.88. The molecule has 23 heavy (non-hydrogen) atoms. The van der Waals surface area contributed by atoms with Crippen molar-refractivity contribution in [2.24, 2.45) is 11.8 Å². The van der Waals surface area contributed by atoms with Crippen LogP contribution in [-0.2, 0) is 4.79 Å². The molecule has 1 aromatic carbocycles. The Balaban J connectivity index is 2.12. The van der Waals surface area contributed by atoms with E-state index in [1.807, 2.05) is 6.07 Å². The summed E-state index contributed by atoms with van der Waals surface area (Å²) >= 11 is 3.39. The normalized spacial score (nSPS) is 15.7. The molecule has 6 heteroatoms. The second-order valence-corrected chi connectivity index (χ2v) is 7.17. The maximum absolute atomic E-state index is 12.8. The van der Waals surface area contributed by atoms with Gasteiger partial charge in [-0.15, -0.1) is 0 Å². The highest BCUT2D eigenvalue weighted by molar-refractivity contribution is 9.10. The molecular weight excluding hydrogens is 362 g/mol. The summed E-state index contributed by atoms with van der Waals surface area (Å²) in [5.74, 6) is -0.284. The summed E-state index contributed by atoms with van der Waals surface area (Å²) in [4.78, 5) is 25.5. The summed E-state index contributed by atoms with van der Waals surface area (Å²) in [6, 6.07) is 5.41. The van der Waals surface area contributed by atoms with E-state index in [1.165, 1.54) is 0 Å². The lowest BCUT2D eigenvalue weighted by Gasteiger charge is -2.30. The Morgan fingerprint density at radius 3 is 2.57 bits per heavy atom. The number of aliphatic carboxylic acids is 1. The van der Waals surface area contributed by atoms with E-state index in [2.05, 4.69) is 29.8 Å². The number of carbonyl (C=O) groups excluding carboxylic acids is 1. The summed E-state index contributed by atoms with van der Waals surface area (Å²) in [6.07, 6.45) is 0.995. The van der Waals surface area contributed by atoms with Gasteiger partial charge in [0, 0.05) is 17.6 Å². The van der Waals surface area contributed by atoms with Crippen molar-refractivity contribution in [2.45, 2.75) is 26.7 Å². The SMILES string of the molecule is CC(C)COc1ccc(Br)cc1C(=O)N1CCC(C(=O)O)CC1. The lowest BCUT2D eigenvalue weighted by atomic mass is 9.96.